The summed E-state index contributed by atoms with van der Waals surface area (Å²) in [7, 11) is 0. The molecular formula is C13H11N5. The quantitative estimate of drug-likeness (QED) is 0.684. The van der Waals surface area contributed by atoms with Crippen LogP contribution in [0, 0.1) is 6.92 Å². The molecule has 0 bridgehead atoms. The number of hydrogen-bond acceptors (Lipinski definition) is 4. The summed E-state index contributed by atoms with van der Waals surface area (Å²) >= 11 is 0. The summed E-state index contributed by atoms with van der Waals surface area (Å²) in [6.07, 6.45) is 8.68. The maximum absolute atomic E-state index is 4.45. The average Bonchev–Trinajstić information content (AvgIpc) is 2.93. The van der Waals surface area contributed by atoms with E-state index in [4.69, 9.17) is 0 Å². The Kier molecular flexibility index (Phi) is 2.57. The molecule has 0 N–H and O–H groups in total. The van der Waals surface area contributed by atoms with Crippen molar-refractivity contribution in [1.29, 1.82) is 0 Å². The van der Waals surface area contributed by atoms with Crippen LogP contribution in [0.3, 0.4) is 0 Å². The van der Waals surface area contributed by atoms with Gasteiger partial charge < -0.3 is 0 Å². The van der Waals surface area contributed by atoms with Crippen molar-refractivity contribution in [3.8, 4) is 16.9 Å². The fourth-order valence-electron chi connectivity index (χ4n) is 1.81. The zero-order valence-electron chi connectivity index (χ0n) is 9.85. The first-order valence-electron chi connectivity index (χ1n) is 5.56. The normalized spacial score (nSPS) is 10.5. The zero-order valence-corrected chi connectivity index (χ0v) is 9.85. The van der Waals surface area contributed by atoms with Crippen molar-refractivity contribution in [3.05, 3.63) is 55.0 Å². The molecule has 0 aliphatic rings. The fraction of sp³-hybridized carbons (Fsp3) is 0.0769. The van der Waals surface area contributed by atoms with Gasteiger partial charge in [-0.1, -0.05) is 6.07 Å². The summed E-state index contributed by atoms with van der Waals surface area (Å²) in [4.78, 5) is 8.60. The Bertz CT molecular complexity index is 646. The van der Waals surface area contributed by atoms with Gasteiger partial charge in [-0.2, -0.15) is 0 Å². The summed E-state index contributed by atoms with van der Waals surface area (Å²) in [6, 6.07) is 6.00. The third-order valence-corrected chi connectivity index (χ3v) is 2.64. The van der Waals surface area contributed by atoms with E-state index in [9.17, 15) is 0 Å². The summed E-state index contributed by atoms with van der Waals surface area (Å²) in [5.41, 5.74) is 3.14. The van der Waals surface area contributed by atoms with E-state index in [1.165, 1.54) is 0 Å². The highest BCUT2D eigenvalue weighted by atomic mass is 15.2. The molecule has 88 valence electrons. The lowest BCUT2D eigenvalue weighted by atomic mass is 10.1. The molecule has 5 heteroatoms. The van der Waals surface area contributed by atoms with E-state index in [1.54, 1.807) is 23.4 Å². The number of aromatic nitrogens is 5. The first-order chi connectivity index (χ1) is 8.84. The van der Waals surface area contributed by atoms with Crippen molar-refractivity contribution in [3.63, 3.8) is 0 Å². The van der Waals surface area contributed by atoms with E-state index in [0.29, 0.717) is 0 Å². The molecule has 0 aliphatic heterocycles. The van der Waals surface area contributed by atoms with Gasteiger partial charge in [0.25, 0.3) is 0 Å². The van der Waals surface area contributed by atoms with Gasteiger partial charge in [-0.3, -0.25) is 9.55 Å². The Labute approximate surface area is 104 Å². The van der Waals surface area contributed by atoms with Gasteiger partial charge in [0.1, 0.15) is 18.5 Å². The Morgan fingerprint density at radius 1 is 1.11 bits per heavy atom. The third kappa shape index (κ3) is 1.86. The molecule has 0 spiro atoms. The van der Waals surface area contributed by atoms with Crippen LogP contribution in [0.25, 0.3) is 16.9 Å². The molecule has 3 aromatic heterocycles. The topological polar surface area (TPSA) is 56.5 Å². The summed E-state index contributed by atoms with van der Waals surface area (Å²) in [5, 5.41) is 7.63. The second-order valence-corrected chi connectivity index (χ2v) is 3.99. The second kappa shape index (κ2) is 4.37. The van der Waals surface area contributed by atoms with Gasteiger partial charge >= 0.3 is 0 Å². The molecule has 0 radical (unpaired) electrons. The van der Waals surface area contributed by atoms with Crippen LogP contribution in [0.15, 0.2) is 49.4 Å². The number of nitrogens with zero attached hydrogens (tertiary/aromatic N) is 5. The monoisotopic (exact) mass is 237 g/mol. The van der Waals surface area contributed by atoms with Crippen molar-refractivity contribution in [2.45, 2.75) is 6.92 Å². The van der Waals surface area contributed by atoms with Crippen LogP contribution in [0.1, 0.15) is 5.56 Å². The maximum Gasteiger partial charge on any atom is 0.147 e. The van der Waals surface area contributed by atoms with E-state index < -0.39 is 0 Å². The minimum absolute atomic E-state index is 0.804. The zero-order chi connectivity index (χ0) is 12.4. The molecule has 3 aromatic rings. The van der Waals surface area contributed by atoms with Crippen molar-refractivity contribution in [2.24, 2.45) is 0 Å². The fourth-order valence-corrected chi connectivity index (χ4v) is 1.81. The van der Waals surface area contributed by atoms with Crippen molar-refractivity contribution < 1.29 is 0 Å². The van der Waals surface area contributed by atoms with Crippen LogP contribution >= 0.6 is 0 Å². The first kappa shape index (κ1) is 10.6. The minimum atomic E-state index is 0.804. The number of aryl methyl sites for hydroxylation is 1. The Morgan fingerprint density at radius 2 is 1.94 bits per heavy atom. The molecule has 18 heavy (non-hydrogen) atoms. The van der Waals surface area contributed by atoms with Crippen LogP contribution in [-0.4, -0.2) is 24.7 Å². The van der Waals surface area contributed by atoms with Gasteiger partial charge in [-0.15, -0.1) is 10.2 Å². The Hall–Kier alpha value is -2.56. The van der Waals surface area contributed by atoms with Crippen LogP contribution in [0.4, 0.5) is 0 Å². The van der Waals surface area contributed by atoms with Gasteiger partial charge in [-0.25, -0.2) is 4.98 Å². The molecule has 3 rings (SSSR count). The molecule has 0 amide bonds. The van der Waals surface area contributed by atoms with Gasteiger partial charge in [0.15, 0.2) is 0 Å². The summed E-state index contributed by atoms with van der Waals surface area (Å²) < 4.78 is 1.79. The molecule has 0 saturated heterocycles. The van der Waals surface area contributed by atoms with E-state index in [1.807, 2.05) is 31.5 Å². The number of rotatable bonds is 2. The number of pyridine rings is 2. The SMILES string of the molecule is Cc1cnc(-n2cnnc2)c(-c2cccnc2)c1. The lowest BCUT2D eigenvalue weighted by Gasteiger charge is -2.09. The second-order valence-electron chi connectivity index (χ2n) is 3.99. The van der Waals surface area contributed by atoms with Gasteiger partial charge in [0, 0.05) is 29.7 Å². The molecular weight excluding hydrogens is 226 g/mol. The van der Waals surface area contributed by atoms with Crippen LogP contribution in [-0.2, 0) is 0 Å². The van der Waals surface area contributed by atoms with Crippen LogP contribution in [0.5, 0.6) is 0 Å². The van der Waals surface area contributed by atoms with E-state index >= 15 is 0 Å². The molecule has 0 atom stereocenters. The smallest absolute Gasteiger partial charge is 0.147 e. The molecule has 0 saturated carbocycles. The lowest BCUT2D eigenvalue weighted by molar-refractivity contribution is 0.988. The molecule has 3 heterocycles. The highest BCUT2D eigenvalue weighted by molar-refractivity contribution is 5.70. The highest BCUT2D eigenvalue weighted by Gasteiger charge is 2.09. The van der Waals surface area contributed by atoms with Crippen LogP contribution < -0.4 is 0 Å². The summed E-state index contributed by atoms with van der Waals surface area (Å²) in [5.74, 6) is 0.804. The van der Waals surface area contributed by atoms with Crippen molar-refractivity contribution in [2.75, 3.05) is 0 Å². The van der Waals surface area contributed by atoms with E-state index in [0.717, 1.165) is 22.5 Å². The van der Waals surface area contributed by atoms with Gasteiger partial charge in [-0.05, 0) is 24.6 Å². The molecule has 0 aromatic carbocycles. The molecule has 0 unspecified atom stereocenters. The third-order valence-electron chi connectivity index (χ3n) is 2.64. The lowest BCUT2D eigenvalue weighted by Crippen LogP contribution is -1.98. The maximum atomic E-state index is 4.45. The Balaban J connectivity index is 2.22. The molecule has 5 nitrogen and oxygen atoms in total. The molecule has 0 aliphatic carbocycles. The van der Waals surface area contributed by atoms with Crippen LogP contribution in [0.2, 0.25) is 0 Å². The van der Waals surface area contributed by atoms with Crippen molar-refractivity contribution in [1.82, 2.24) is 24.7 Å². The van der Waals surface area contributed by atoms with Gasteiger partial charge in [0.05, 0.1) is 0 Å². The van der Waals surface area contributed by atoms with Gasteiger partial charge in [0.2, 0.25) is 0 Å². The minimum Gasteiger partial charge on any atom is -0.271 e. The number of hydrogen-bond donors (Lipinski definition) is 0. The van der Waals surface area contributed by atoms with E-state index in [2.05, 4.69) is 26.2 Å². The largest absolute Gasteiger partial charge is 0.271 e. The van der Waals surface area contributed by atoms with E-state index in [-0.39, 0.29) is 0 Å². The highest BCUT2D eigenvalue weighted by Crippen LogP contribution is 2.24. The predicted molar refractivity (Wildman–Crippen MR) is 67.1 cm³/mol. The molecule has 0 fully saturated rings. The predicted octanol–water partition coefficient (Wildman–Crippen LogP) is 2.03. The standard InChI is InChI=1S/C13H11N5/c1-10-5-12(11-3-2-4-14-7-11)13(15-6-10)18-8-16-17-9-18/h2-9H,1H3. The van der Waals surface area contributed by atoms with Crippen molar-refractivity contribution >= 4 is 0 Å². The first-order valence-corrected chi connectivity index (χ1v) is 5.56. The Morgan fingerprint density at radius 3 is 2.67 bits per heavy atom. The average molecular weight is 237 g/mol. The summed E-state index contributed by atoms with van der Waals surface area (Å²) in [6.45, 7) is 2.02.